The minimum atomic E-state index is 0.644. The van der Waals surface area contributed by atoms with Crippen LogP contribution in [0.4, 0.5) is 5.95 Å². The van der Waals surface area contributed by atoms with E-state index in [0.717, 1.165) is 28.7 Å². The molecule has 2 aromatic heterocycles. The minimum Gasteiger partial charge on any atom is -0.361 e. The number of benzene rings is 1. The van der Waals surface area contributed by atoms with E-state index < -0.39 is 0 Å². The van der Waals surface area contributed by atoms with Gasteiger partial charge in [0.2, 0.25) is 5.95 Å². The van der Waals surface area contributed by atoms with Gasteiger partial charge in [0.1, 0.15) is 5.76 Å². The van der Waals surface area contributed by atoms with Crippen LogP contribution in [0, 0.1) is 13.8 Å². The van der Waals surface area contributed by atoms with E-state index in [0.29, 0.717) is 6.54 Å². The first kappa shape index (κ1) is 12.5. The lowest BCUT2D eigenvalue weighted by Crippen LogP contribution is -2.07. The van der Waals surface area contributed by atoms with E-state index in [4.69, 9.17) is 4.52 Å². The molecule has 0 radical (unpaired) electrons. The standard InChI is InChI=1S/C15H16N4O/c1-11-14(12(2)20-18-11)10-17-15-16-8-9-19(15)13-6-4-3-5-7-13/h3-9H,10H2,1-2H3,(H,16,17). The molecular formula is C15H16N4O. The number of nitrogens with one attached hydrogen (secondary N) is 1. The smallest absolute Gasteiger partial charge is 0.207 e. The first-order valence-electron chi connectivity index (χ1n) is 6.50. The molecule has 0 aliphatic carbocycles. The molecule has 5 nitrogen and oxygen atoms in total. The van der Waals surface area contributed by atoms with Gasteiger partial charge in [-0.25, -0.2) is 4.98 Å². The zero-order valence-corrected chi connectivity index (χ0v) is 11.5. The van der Waals surface area contributed by atoms with Crippen LogP contribution in [0.2, 0.25) is 0 Å². The molecule has 0 aliphatic heterocycles. The maximum atomic E-state index is 5.16. The van der Waals surface area contributed by atoms with E-state index in [1.165, 1.54) is 0 Å². The van der Waals surface area contributed by atoms with Crippen molar-refractivity contribution in [2.24, 2.45) is 0 Å². The molecule has 0 spiro atoms. The average Bonchev–Trinajstić information content (AvgIpc) is 3.06. The van der Waals surface area contributed by atoms with Gasteiger partial charge in [0.05, 0.1) is 5.69 Å². The molecule has 0 aliphatic rings. The molecule has 0 amide bonds. The fourth-order valence-corrected chi connectivity index (χ4v) is 2.15. The summed E-state index contributed by atoms with van der Waals surface area (Å²) in [6.07, 6.45) is 3.72. The Hall–Kier alpha value is -2.56. The van der Waals surface area contributed by atoms with Gasteiger partial charge in [-0.2, -0.15) is 0 Å². The number of hydrogen-bond donors (Lipinski definition) is 1. The summed E-state index contributed by atoms with van der Waals surface area (Å²) in [4.78, 5) is 4.35. The van der Waals surface area contributed by atoms with Crippen LogP contribution in [0.15, 0.2) is 47.2 Å². The molecule has 2 heterocycles. The van der Waals surface area contributed by atoms with Crippen molar-refractivity contribution in [1.82, 2.24) is 14.7 Å². The van der Waals surface area contributed by atoms with E-state index in [-0.39, 0.29) is 0 Å². The van der Waals surface area contributed by atoms with E-state index in [1.54, 1.807) is 6.20 Å². The van der Waals surface area contributed by atoms with Crippen LogP contribution >= 0.6 is 0 Å². The van der Waals surface area contributed by atoms with Crippen LogP contribution in [0.3, 0.4) is 0 Å². The van der Waals surface area contributed by atoms with Gasteiger partial charge in [0.15, 0.2) is 0 Å². The molecule has 1 N–H and O–H groups in total. The molecular weight excluding hydrogens is 252 g/mol. The van der Waals surface area contributed by atoms with Crippen molar-refractivity contribution in [3.63, 3.8) is 0 Å². The Morgan fingerprint density at radius 2 is 2.00 bits per heavy atom. The number of aryl methyl sites for hydroxylation is 2. The topological polar surface area (TPSA) is 55.9 Å². The van der Waals surface area contributed by atoms with Gasteiger partial charge in [-0.15, -0.1) is 0 Å². The largest absolute Gasteiger partial charge is 0.361 e. The number of nitrogens with zero attached hydrogens (tertiary/aromatic N) is 3. The molecule has 0 unspecified atom stereocenters. The van der Waals surface area contributed by atoms with Gasteiger partial charge in [-0.05, 0) is 26.0 Å². The third-order valence-electron chi connectivity index (χ3n) is 3.28. The average molecular weight is 268 g/mol. The van der Waals surface area contributed by atoms with Crippen molar-refractivity contribution < 1.29 is 4.52 Å². The summed E-state index contributed by atoms with van der Waals surface area (Å²) in [5.74, 6) is 1.64. The fraction of sp³-hybridized carbons (Fsp3) is 0.200. The quantitative estimate of drug-likeness (QED) is 0.790. The van der Waals surface area contributed by atoms with Crippen molar-refractivity contribution in [3.05, 3.63) is 59.7 Å². The molecule has 3 rings (SSSR count). The first-order valence-corrected chi connectivity index (χ1v) is 6.50. The Kier molecular flexibility index (Phi) is 3.25. The van der Waals surface area contributed by atoms with Crippen LogP contribution in [0.5, 0.6) is 0 Å². The predicted molar refractivity (Wildman–Crippen MR) is 76.9 cm³/mol. The third kappa shape index (κ3) is 2.30. The fourth-order valence-electron chi connectivity index (χ4n) is 2.15. The van der Waals surface area contributed by atoms with E-state index in [1.807, 2.05) is 54.9 Å². The van der Waals surface area contributed by atoms with Gasteiger partial charge in [-0.1, -0.05) is 23.4 Å². The summed E-state index contributed by atoms with van der Waals surface area (Å²) in [5.41, 5.74) is 3.06. The van der Waals surface area contributed by atoms with Crippen molar-refractivity contribution in [2.75, 3.05) is 5.32 Å². The molecule has 0 atom stereocenters. The van der Waals surface area contributed by atoms with Gasteiger partial charge in [0, 0.05) is 30.2 Å². The SMILES string of the molecule is Cc1noc(C)c1CNc1nccn1-c1ccccc1. The number of aromatic nitrogens is 3. The maximum Gasteiger partial charge on any atom is 0.207 e. The number of imidazole rings is 1. The summed E-state index contributed by atoms with van der Waals surface area (Å²) in [6.45, 7) is 4.50. The zero-order chi connectivity index (χ0) is 13.9. The summed E-state index contributed by atoms with van der Waals surface area (Å²) in [6, 6.07) is 10.1. The molecule has 0 saturated carbocycles. The third-order valence-corrected chi connectivity index (χ3v) is 3.28. The normalized spacial score (nSPS) is 10.7. The lowest BCUT2D eigenvalue weighted by atomic mass is 10.2. The second kappa shape index (κ2) is 5.21. The molecule has 0 fully saturated rings. The number of rotatable bonds is 4. The van der Waals surface area contributed by atoms with Crippen molar-refractivity contribution in [3.8, 4) is 5.69 Å². The molecule has 1 aromatic carbocycles. The lowest BCUT2D eigenvalue weighted by Gasteiger charge is -2.09. The second-order valence-corrected chi connectivity index (χ2v) is 4.61. The summed E-state index contributed by atoms with van der Waals surface area (Å²) in [5, 5.41) is 7.28. The highest BCUT2D eigenvalue weighted by Gasteiger charge is 2.10. The highest BCUT2D eigenvalue weighted by atomic mass is 16.5. The van der Waals surface area contributed by atoms with E-state index in [2.05, 4.69) is 15.5 Å². The highest BCUT2D eigenvalue weighted by molar-refractivity contribution is 5.42. The van der Waals surface area contributed by atoms with E-state index >= 15 is 0 Å². The van der Waals surface area contributed by atoms with Crippen LogP contribution in [-0.4, -0.2) is 14.7 Å². The minimum absolute atomic E-state index is 0.644. The first-order chi connectivity index (χ1) is 9.75. The van der Waals surface area contributed by atoms with Gasteiger partial charge in [0.25, 0.3) is 0 Å². The molecule has 102 valence electrons. The number of hydrogen-bond acceptors (Lipinski definition) is 4. The van der Waals surface area contributed by atoms with E-state index in [9.17, 15) is 0 Å². The van der Waals surface area contributed by atoms with Crippen molar-refractivity contribution >= 4 is 5.95 Å². The van der Waals surface area contributed by atoms with Crippen molar-refractivity contribution in [1.29, 1.82) is 0 Å². The highest BCUT2D eigenvalue weighted by Crippen LogP contribution is 2.17. The monoisotopic (exact) mass is 268 g/mol. The van der Waals surface area contributed by atoms with Crippen LogP contribution < -0.4 is 5.32 Å². The van der Waals surface area contributed by atoms with Crippen LogP contribution in [0.25, 0.3) is 5.69 Å². The predicted octanol–water partition coefficient (Wildman–Crippen LogP) is 3.09. The van der Waals surface area contributed by atoms with Crippen molar-refractivity contribution in [2.45, 2.75) is 20.4 Å². The zero-order valence-electron chi connectivity index (χ0n) is 11.5. The molecule has 0 bridgehead atoms. The number of anilines is 1. The summed E-state index contributed by atoms with van der Waals surface area (Å²) < 4.78 is 7.17. The Bertz CT molecular complexity index is 680. The molecule has 3 aromatic rings. The maximum absolute atomic E-state index is 5.16. The summed E-state index contributed by atoms with van der Waals surface area (Å²) >= 11 is 0. The van der Waals surface area contributed by atoms with Crippen LogP contribution in [0.1, 0.15) is 17.0 Å². The Balaban J connectivity index is 1.81. The Labute approximate surface area is 117 Å². The molecule has 5 heteroatoms. The number of para-hydroxylation sites is 1. The Morgan fingerprint density at radius 1 is 1.20 bits per heavy atom. The van der Waals surface area contributed by atoms with Crippen LogP contribution in [-0.2, 0) is 6.54 Å². The molecule has 20 heavy (non-hydrogen) atoms. The second-order valence-electron chi connectivity index (χ2n) is 4.61. The van der Waals surface area contributed by atoms with Gasteiger partial charge < -0.3 is 9.84 Å². The molecule has 0 saturated heterocycles. The lowest BCUT2D eigenvalue weighted by molar-refractivity contribution is 0.392. The summed E-state index contributed by atoms with van der Waals surface area (Å²) in [7, 11) is 0. The van der Waals surface area contributed by atoms with Gasteiger partial charge in [-0.3, -0.25) is 4.57 Å². The van der Waals surface area contributed by atoms with Gasteiger partial charge >= 0.3 is 0 Å². The Morgan fingerprint density at radius 3 is 2.70 bits per heavy atom.